The highest BCUT2D eigenvalue weighted by Gasteiger charge is 2.08. The van der Waals surface area contributed by atoms with Crippen LogP contribution in [0.1, 0.15) is 27.6 Å². The third kappa shape index (κ3) is 4.41. The molecule has 128 valence electrons. The number of carbonyl (C=O) groups excluding carboxylic acids is 1. The molecule has 0 fully saturated rings. The van der Waals surface area contributed by atoms with E-state index in [9.17, 15) is 9.18 Å². The molecule has 0 radical (unpaired) electrons. The predicted molar refractivity (Wildman–Crippen MR) is 90.4 cm³/mol. The van der Waals surface area contributed by atoms with Crippen molar-refractivity contribution in [1.82, 2.24) is 15.5 Å². The molecule has 0 aliphatic heterocycles. The van der Waals surface area contributed by atoms with E-state index in [4.69, 9.17) is 4.52 Å². The molecule has 6 nitrogen and oxygen atoms in total. The van der Waals surface area contributed by atoms with E-state index in [-0.39, 0.29) is 18.3 Å². The Bertz CT molecular complexity index is 862. The monoisotopic (exact) mass is 340 g/mol. The van der Waals surface area contributed by atoms with Gasteiger partial charge < -0.3 is 15.2 Å². The van der Waals surface area contributed by atoms with Gasteiger partial charge in [0, 0.05) is 23.4 Å². The van der Waals surface area contributed by atoms with Gasteiger partial charge in [-0.15, -0.1) is 0 Å². The molecular formula is C18H17FN4O2. The Hall–Kier alpha value is -3.22. The number of halogens is 1. The van der Waals surface area contributed by atoms with Gasteiger partial charge in [-0.1, -0.05) is 23.4 Å². The number of amides is 1. The molecule has 0 saturated heterocycles. The normalized spacial score (nSPS) is 10.5. The van der Waals surface area contributed by atoms with Gasteiger partial charge in [-0.05, 0) is 37.3 Å². The summed E-state index contributed by atoms with van der Waals surface area (Å²) in [7, 11) is 0. The second-order valence-electron chi connectivity index (χ2n) is 5.44. The first-order valence-electron chi connectivity index (χ1n) is 7.76. The summed E-state index contributed by atoms with van der Waals surface area (Å²) < 4.78 is 18.6. The van der Waals surface area contributed by atoms with Crippen LogP contribution in [-0.4, -0.2) is 16.0 Å². The molecule has 25 heavy (non-hydrogen) atoms. The van der Waals surface area contributed by atoms with Crippen molar-refractivity contribution in [3.63, 3.8) is 0 Å². The van der Waals surface area contributed by atoms with E-state index in [1.54, 1.807) is 49.4 Å². The summed E-state index contributed by atoms with van der Waals surface area (Å²) >= 11 is 0. The van der Waals surface area contributed by atoms with Crippen molar-refractivity contribution in [3.05, 3.63) is 77.2 Å². The van der Waals surface area contributed by atoms with Crippen LogP contribution in [0.3, 0.4) is 0 Å². The average molecular weight is 340 g/mol. The standard InChI is InChI=1S/C18H17FN4O2/c1-12-22-17(25-23-12)11-20-15-8-6-13(7-9-15)18(24)21-10-14-4-2-3-5-16(14)19/h2-9,20H,10-11H2,1H3,(H,21,24). The van der Waals surface area contributed by atoms with Crippen molar-refractivity contribution in [2.75, 3.05) is 5.32 Å². The number of hydrogen-bond acceptors (Lipinski definition) is 5. The maximum absolute atomic E-state index is 13.5. The van der Waals surface area contributed by atoms with Crippen molar-refractivity contribution in [2.24, 2.45) is 0 Å². The van der Waals surface area contributed by atoms with Crippen molar-refractivity contribution in [1.29, 1.82) is 0 Å². The minimum Gasteiger partial charge on any atom is -0.376 e. The highest BCUT2D eigenvalue weighted by Crippen LogP contribution is 2.12. The fourth-order valence-corrected chi connectivity index (χ4v) is 2.25. The Morgan fingerprint density at radius 2 is 1.88 bits per heavy atom. The van der Waals surface area contributed by atoms with Crippen LogP contribution >= 0.6 is 0 Å². The number of nitrogens with one attached hydrogen (secondary N) is 2. The number of rotatable bonds is 6. The Balaban J connectivity index is 1.54. The van der Waals surface area contributed by atoms with Crippen LogP contribution in [0.2, 0.25) is 0 Å². The number of carbonyl (C=O) groups is 1. The minimum absolute atomic E-state index is 0.141. The molecule has 0 saturated carbocycles. The van der Waals surface area contributed by atoms with Crippen LogP contribution in [0.5, 0.6) is 0 Å². The van der Waals surface area contributed by atoms with Crippen molar-refractivity contribution in [2.45, 2.75) is 20.0 Å². The van der Waals surface area contributed by atoms with Crippen molar-refractivity contribution in [3.8, 4) is 0 Å². The van der Waals surface area contributed by atoms with E-state index in [2.05, 4.69) is 20.8 Å². The molecule has 2 N–H and O–H groups in total. The van der Waals surface area contributed by atoms with Crippen molar-refractivity contribution >= 4 is 11.6 Å². The number of hydrogen-bond donors (Lipinski definition) is 2. The SMILES string of the molecule is Cc1noc(CNc2ccc(C(=O)NCc3ccccc3F)cc2)n1. The third-order valence-corrected chi connectivity index (χ3v) is 3.56. The van der Waals surface area contributed by atoms with Gasteiger partial charge in [0.25, 0.3) is 5.91 Å². The van der Waals surface area contributed by atoms with Gasteiger partial charge in [0.2, 0.25) is 5.89 Å². The maximum atomic E-state index is 13.5. The zero-order valence-electron chi connectivity index (χ0n) is 13.6. The zero-order valence-corrected chi connectivity index (χ0v) is 13.6. The molecule has 2 aromatic carbocycles. The maximum Gasteiger partial charge on any atom is 0.251 e. The van der Waals surface area contributed by atoms with E-state index in [0.29, 0.717) is 29.4 Å². The largest absolute Gasteiger partial charge is 0.376 e. The number of aryl methyl sites for hydroxylation is 1. The fraction of sp³-hybridized carbons (Fsp3) is 0.167. The van der Waals surface area contributed by atoms with Crippen LogP contribution in [0, 0.1) is 12.7 Å². The highest BCUT2D eigenvalue weighted by atomic mass is 19.1. The molecule has 1 amide bonds. The molecule has 1 heterocycles. The third-order valence-electron chi connectivity index (χ3n) is 3.56. The Labute approximate surface area is 144 Å². The highest BCUT2D eigenvalue weighted by molar-refractivity contribution is 5.94. The van der Waals surface area contributed by atoms with E-state index in [1.807, 2.05) is 0 Å². The summed E-state index contributed by atoms with van der Waals surface area (Å²) in [5, 5.41) is 9.54. The molecule has 3 aromatic rings. The lowest BCUT2D eigenvalue weighted by Crippen LogP contribution is -2.23. The lowest BCUT2D eigenvalue weighted by atomic mass is 10.1. The van der Waals surface area contributed by atoms with Gasteiger partial charge in [0.05, 0.1) is 6.54 Å². The zero-order chi connectivity index (χ0) is 17.6. The van der Waals surface area contributed by atoms with Gasteiger partial charge in [-0.3, -0.25) is 4.79 Å². The van der Waals surface area contributed by atoms with Crippen LogP contribution in [-0.2, 0) is 13.1 Å². The quantitative estimate of drug-likeness (QED) is 0.721. The Kier molecular flexibility index (Phi) is 5.03. The van der Waals surface area contributed by atoms with Gasteiger partial charge >= 0.3 is 0 Å². The number of anilines is 1. The summed E-state index contributed by atoms with van der Waals surface area (Å²) in [6, 6.07) is 13.3. The number of aromatic nitrogens is 2. The van der Waals surface area contributed by atoms with E-state index in [1.165, 1.54) is 6.07 Å². The smallest absolute Gasteiger partial charge is 0.251 e. The first kappa shape index (κ1) is 16.6. The van der Waals surface area contributed by atoms with Crippen LogP contribution in [0.4, 0.5) is 10.1 Å². The fourth-order valence-electron chi connectivity index (χ4n) is 2.25. The topological polar surface area (TPSA) is 80.0 Å². The lowest BCUT2D eigenvalue weighted by molar-refractivity contribution is 0.0950. The lowest BCUT2D eigenvalue weighted by Gasteiger charge is -2.08. The Morgan fingerprint density at radius 1 is 1.12 bits per heavy atom. The first-order valence-corrected chi connectivity index (χ1v) is 7.76. The van der Waals surface area contributed by atoms with Crippen molar-refractivity contribution < 1.29 is 13.7 Å². The number of benzene rings is 2. The molecule has 0 spiro atoms. The molecule has 1 aromatic heterocycles. The molecule has 0 atom stereocenters. The summed E-state index contributed by atoms with van der Waals surface area (Å²) in [6.45, 7) is 2.30. The van der Waals surface area contributed by atoms with E-state index >= 15 is 0 Å². The molecule has 7 heteroatoms. The molecule has 0 unspecified atom stereocenters. The molecular weight excluding hydrogens is 323 g/mol. The molecule has 0 aliphatic carbocycles. The second-order valence-corrected chi connectivity index (χ2v) is 5.44. The van der Waals surface area contributed by atoms with Crippen LogP contribution < -0.4 is 10.6 Å². The average Bonchev–Trinajstić information content (AvgIpc) is 3.05. The molecule has 0 bridgehead atoms. The summed E-state index contributed by atoms with van der Waals surface area (Å²) in [5.74, 6) is 0.476. The molecule has 0 aliphatic rings. The second kappa shape index (κ2) is 7.57. The first-order chi connectivity index (χ1) is 12.1. The van der Waals surface area contributed by atoms with Gasteiger partial charge in [0.15, 0.2) is 5.82 Å². The summed E-state index contributed by atoms with van der Waals surface area (Å²) in [4.78, 5) is 16.2. The van der Waals surface area contributed by atoms with E-state index in [0.717, 1.165) is 5.69 Å². The summed E-state index contributed by atoms with van der Waals surface area (Å²) in [5.41, 5.74) is 1.76. The molecule has 3 rings (SSSR count). The van der Waals surface area contributed by atoms with Crippen LogP contribution in [0.15, 0.2) is 53.1 Å². The van der Waals surface area contributed by atoms with Gasteiger partial charge in [0.1, 0.15) is 5.82 Å². The van der Waals surface area contributed by atoms with Gasteiger partial charge in [-0.25, -0.2) is 4.39 Å². The Morgan fingerprint density at radius 3 is 2.56 bits per heavy atom. The summed E-state index contributed by atoms with van der Waals surface area (Å²) in [6.07, 6.45) is 0. The predicted octanol–water partition coefficient (Wildman–Crippen LogP) is 3.06. The van der Waals surface area contributed by atoms with E-state index < -0.39 is 0 Å². The van der Waals surface area contributed by atoms with Crippen LogP contribution in [0.25, 0.3) is 0 Å². The van der Waals surface area contributed by atoms with Gasteiger partial charge in [-0.2, -0.15) is 4.98 Å². The number of nitrogens with zero attached hydrogens (tertiary/aromatic N) is 2. The minimum atomic E-state index is -0.335.